The number of hydrogen-bond acceptors (Lipinski definition) is 3. The fourth-order valence-corrected chi connectivity index (χ4v) is 2.05. The van der Waals surface area contributed by atoms with Crippen LogP contribution in [0.4, 0.5) is 0 Å². The lowest BCUT2D eigenvalue weighted by atomic mass is 9.97. The first kappa shape index (κ1) is 11.5. The Balaban J connectivity index is 2.48. The van der Waals surface area contributed by atoms with E-state index in [1.54, 1.807) is 0 Å². The largest absolute Gasteiger partial charge is 0.468 e. The van der Waals surface area contributed by atoms with E-state index in [1.807, 2.05) is 6.92 Å². The zero-order valence-corrected chi connectivity index (χ0v) is 9.45. The minimum Gasteiger partial charge on any atom is -0.468 e. The molecular formula is C11H21NO2. The fourth-order valence-electron chi connectivity index (χ4n) is 2.05. The average molecular weight is 199 g/mol. The van der Waals surface area contributed by atoms with E-state index in [4.69, 9.17) is 4.74 Å². The SMILES string of the molecule is CC[C@@H](C(=O)OC)N1CCC(C)CC1. The van der Waals surface area contributed by atoms with Gasteiger partial charge in [-0.2, -0.15) is 0 Å². The normalized spacial score (nSPS) is 21.9. The molecule has 1 aliphatic heterocycles. The number of likely N-dealkylation sites (tertiary alicyclic amines) is 1. The first-order valence-electron chi connectivity index (χ1n) is 5.51. The molecule has 0 unspecified atom stereocenters. The third kappa shape index (κ3) is 2.71. The molecule has 0 radical (unpaired) electrons. The van der Waals surface area contributed by atoms with Gasteiger partial charge in [0.1, 0.15) is 6.04 Å². The van der Waals surface area contributed by atoms with Gasteiger partial charge in [0, 0.05) is 0 Å². The van der Waals surface area contributed by atoms with Crippen LogP contribution in [0.15, 0.2) is 0 Å². The summed E-state index contributed by atoms with van der Waals surface area (Å²) in [5.74, 6) is 0.725. The zero-order chi connectivity index (χ0) is 10.6. The first-order chi connectivity index (χ1) is 6.69. The van der Waals surface area contributed by atoms with Crippen LogP contribution < -0.4 is 0 Å². The van der Waals surface area contributed by atoms with E-state index in [0.29, 0.717) is 0 Å². The van der Waals surface area contributed by atoms with Crippen molar-refractivity contribution in [3.63, 3.8) is 0 Å². The van der Waals surface area contributed by atoms with Crippen molar-refractivity contribution < 1.29 is 9.53 Å². The molecule has 0 saturated carbocycles. The van der Waals surface area contributed by atoms with Crippen LogP contribution in [-0.4, -0.2) is 37.1 Å². The maximum absolute atomic E-state index is 11.5. The smallest absolute Gasteiger partial charge is 0.323 e. The molecule has 0 amide bonds. The topological polar surface area (TPSA) is 29.5 Å². The second kappa shape index (κ2) is 5.35. The molecule has 3 nitrogen and oxygen atoms in total. The Morgan fingerprint density at radius 3 is 2.50 bits per heavy atom. The molecule has 3 heteroatoms. The Hall–Kier alpha value is -0.570. The Morgan fingerprint density at radius 1 is 1.50 bits per heavy atom. The highest BCUT2D eigenvalue weighted by molar-refractivity contribution is 5.75. The number of hydrogen-bond donors (Lipinski definition) is 0. The summed E-state index contributed by atoms with van der Waals surface area (Å²) >= 11 is 0. The van der Waals surface area contributed by atoms with Crippen molar-refractivity contribution in [2.45, 2.75) is 39.2 Å². The van der Waals surface area contributed by atoms with E-state index in [2.05, 4.69) is 11.8 Å². The van der Waals surface area contributed by atoms with Gasteiger partial charge in [0.2, 0.25) is 0 Å². The third-order valence-electron chi connectivity index (χ3n) is 3.12. The van der Waals surface area contributed by atoms with Crippen molar-refractivity contribution in [2.75, 3.05) is 20.2 Å². The number of nitrogens with zero attached hydrogens (tertiary/aromatic N) is 1. The van der Waals surface area contributed by atoms with E-state index >= 15 is 0 Å². The Morgan fingerprint density at radius 2 is 2.07 bits per heavy atom. The van der Waals surface area contributed by atoms with Crippen molar-refractivity contribution >= 4 is 5.97 Å². The van der Waals surface area contributed by atoms with Gasteiger partial charge in [-0.05, 0) is 38.3 Å². The number of piperidine rings is 1. The van der Waals surface area contributed by atoms with Gasteiger partial charge in [0.25, 0.3) is 0 Å². The Kier molecular flexibility index (Phi) is 4.39. The molecule has 0 aromatic rings. The van der Waals surface area contributed by atoms with E-state index in [-0.39, 0.29) is 12.0 Å². The number of methoxy groups -OCH3 is 1. The lowest BCUT2D eigenvalue weighted by Crippen LogP contribution is -2.45. The molecule has 1 heterocycles. The van der Waals surface area contributed by atoms with Gasteiger partial charge >= 0.3 is 5.97 Å². The molecule has 1 fully saturated rings. The molecule has 0 N–H and O–H groups in total. The second-order valence-corrected chi connectivity index (χ2v) is 4.17. The van der Waals surface area contributed by atoms with Crippen molar-refractivity contribution in [2.24, 2.45) is 5.92 Å². The fraction of sp³-hybridized carbons (Fsp3) is 0.909. The predicted octanol–water partition coefficient (Wildman–Crippen LogP) is 1.67. The number of ether oxygens (including phenoxy) is 1. The minimum atomic E-state index is -0.0814. The lowest BCUT2D eigenvalue weighted by molar-refractivity contribution is -0.147. The van der Waals surface area contributed by atoms with Crippen LogP contribution in [0.2, 0.25) is 0 Å². The highest BCUT2D eigenvalue weighted by Crippen LogP contribution is 2.19. The maximum atomic E-state index is 11.5. The van der Waals surface area contributed by atoms with Crippen molar-refractivity contribution in [1.82, 2.24) is 4.90 Å². The van der Waals surface area contributed by atoms with Crippen molar-refractivity contribution in [1.29, 1.82) is 0 Å². The summed E-state index contributed by atoms with van der Waals surface area (Å²) in [5, 5.41) is 0. The van der Waals surface area contributed by atoms with Crippen LogP contribution in [0.25, 0.3) is 0 Å². The number of carbonyl (C=O) groups is 1. The second-order valence-electron chi connectivity index (χ2n) is 4.17. The summed E-state index contributed by atoms with van der Waals surface area (Å²) in [6.45, 7) is 6.39. The molecule has 1 atom stereocenters. The van der Waals surface area contributed by atoms with Crippen molar-refractivity contribution in [3.8, 4) is 0 Å². The third-order valence-corrected chi connectivity index (χ3v) is 3.12. The molecule has 0 aliphatic carbocycles. The monoisotopic (exact) mass is 199 g/mol. The predicted molar refractivity (Wildman–Crippen MR) is 56.1 cm³/mol. The van der Waals surface area contributed by atoms with Gasteiger partial charge in [-0.15, -0.1) is 0 Å². The molecule has 0 aromatic heterocycles. The summed E-state index contributed by atoms with van der Waals surface area (Å²) in [7, 11) is 1.47. The van der Waals surface area contributed by atoms with Crippen LogP contribution in [0.5, 0.6) is 0 Å². The first-order valence-corrected chi connectivity index (χ1v) is 5.51. The summed E-state index contributed by atoms with van der Waals surface area (Å²) in [5.41, 5.74) is 0. The van der Waals surface area contributed by atoms with E-state index < -0.39 is 0 Å². The van der Waals surface area contributed by atoms with Crippen LogP contribution in [0.1, 0.15) is 33.1 Å². The van der Waals surface area contributed by atoms with Gasteiger partial charge in [-0.25, -0.2) is 0 Å². The molecule has 0 spiro atoms. The lowest BCUT2D eigenvalue weighted by Gasteiger charge is -2.34. The molecule has 1 saturated heterocycles. The van der Waals surface area contributed by atoms with Crippen LogP contribution in [0.3, 0.4) is 0 Å². The number of esters is 1. The number of carbonyl (C=O) groups excluding carboxylic acids is 1. The summed E-state index contributed by atoms with van der Waals surface area (Å²) in [6.07, 6.45) is 3.25. The van der Waals surface area contributed by atoms with Gasteiger partial charge in [-0.3, -0.25) is 9.69 Å². The van der Waals surface area contributed by atoms with Gasteiger partial charge < -0.3 is 4.74 Å². The quantitative estimate of drug-likeness (QED) is 0.648. The standard InChI is InChI=1S/C11H21NO2/c1-4-10(11(13)14-3)12-7-5-9(2)6-8-12/h9-10H,4-8H2,1-3H3/t10-/m0/s1. The Bertz CT molecular complexity index is 186. The summed E-state index contributed by atoms with van der Waals surface area (Å²) in [4.78, 5) is 13.7. The molecule has 14 heavy (non-hydrogen) atoms. The maximum Gasteiger partial charge on any atom is 0.323 e. The van der Waals surface area contributed by atoms with E-state index in [9.17, 15) is 4.79 Å². The molecule has 82 valence electrons. The van der Waals surface area contributed by atoms with Gasteiger partial charge in [0.05, 0.1) is 7.11 Å². The van der Waals surface area contributed by atoms with Crippen LogP contribution >= 0.6 is 0 Å². The van der Waals surface area contributed by atoms with E-state index in [0.717, 1.165) is 25.4 Å². The summed E-state index contributed by atoms with van der Waals surface area (Å²) in [6, 6.07) is -0.0208. The molecule has 1 rings (SSSR count). The zero-order valence-electron chi connectivity index (χ0n) is 9.45. The highest BCUT2D eigenvalue weighted by atomic mass is 16.5. The molecule has 0 aromatic carbocycles. The number of rotatable bonds is 3. The highest BCUT2D eigenvalue weighted by Gasteiger charge is 2.27. The molecular weight excluding hydrogens is 178 g/mol. The summed E-state index contributed by atoms with van der Waals surface area (Å²) < 4.78 is 4.80. The molecule has 0 bridgehead atoms. The molecule has 1 aliphatic rings. The van der Waals surface area contributed by atoms with Gasteiger partial charge in [0.15, 0.2) is 0 Å². The van der Waals surface area contributed by atoms with Crippen molar-refractivity contribution in [3.05, 3.63) is 0 Å². The van der Waals surface area contributed by atoms with E-state index in [1.165, 1.54) is 20.0 Å². The van der Waals surface area contributed by atoms with Crippen LogP contribution in [0, 0.1) is 5.92 Å². The van der Waals surface area contributed by atoms with Gasteiger partial charge in [-0.1, -0.05) is 13.8 Å². The average Bonchev–Trinajstić information content (AvgIpc) is 2.21. The van der Waals surface area contributed by atoms with Crippen LogP contribution in [-0.2, 0) is 9.53 Å². The minimum absolute atomic E-state index is 0.0208. The Labute approximate surface area is 86.4 Å².